The molecule has 1 aromatic carbocycles. The Kier molecular flexibility index (Phi) is 3.31. The van der Waals surface area contributed by atoms with E-state index >= 15 is 0 Å². The molecule has 2 aromatic rings. The van der Waals surface area contributed by atoms with Gasteiger partial charge in [0.15, 0.2) is 5.76 Å². The van der Waals surface area contributed by atoms with E-state index in [1.54, 1.807) is 18.0 Å². The van der Waals surface area contributed by atoms with E-state index in [0.717, 1.165) is 10.7 Å². The van der Waals surface area contributed by atoms with Crippen molar-refractivity contribution in [3.8, 4) is 0 Å². The SMILES string of the molecule is CN(C)C1SC(c2ccno2)=CN1c1ccccc1. The van der Waals surface area contributed by atoms with Crippen LogP contribution in [-0.4, -0.2) is 29.6 Å². The summed E-state index contributed by atoms with van der Waals surface area (Å²) in [6, 6.07) is 12.2. The first kappa shape index (κ1) is 12.3. The third-order valence-electron chi connectivity index (χ3n) is 2.90. The molecule has 98 valence electrons. The lowest BCUT2D eigenvalue weighted by molar-refractivity contribution is 0.388. The van der Waals surface area contributed by atoms with Crippen molar-refractivity contribution in [2.45, 2.75) is 5.50 Å². The second kappa shape index (κ2) is 5.11. The number of nitrogens with zero attached hydrogens (tertiary/aromatic N) is 3. The Hall–Kier alpha value is -1.72. The van der Waals surface area contributed by atoms with Crippen LogP contribution in [0.4, 0.5) is 5.69 Å². The standard InChI is InChI=1S/C14H15N3OS/c1-16(2)14-17(11-6-4-3-5-7-11)10-13(19-14)12-8-9-15-18-12/h3-10,14H,1-2H3. The minimum absolute atomic E-state index is 0.225. The molecule has 0 fully saturated rings. The monoisotopic (exact) mass is 273 g/mol. The van der Waals surface area contributed by atoms with Crippen molar-refractivity contribution < 1.29 is 4.52 Å². The molecule has 0 saturated heterocycles. The van der Waals surface area contributed by atoms with Gasteiger partial charge in [0.1, 0.15) is 5.50 Å². The summed E-state index contributed by atoms with van der Waals surface area (Å²) >= 11 is 1.76. The highest BCUT2D eigenvalue weighted by atomic mass is 32.2. The average molecular weight is 273 g/mol. The zero-order chi connectivity index (χ0) is 13.2. The zero-order valence-corrected chi connectivity index (χ0v) is 11.7. The Bertz CT molecular complexity index is 566. The van der Waals surface area contributed by atoms with Gasteiger partial charge in [-0.3, -0.25) is 4.90 Å². The fourth-order valence-corrected chi connectivity index (χ4v) is 3.14. The number of rotatable bonds is 3. The van der Waals surface area contributed by atoms with Crippen LogP contribution in [0.2, 0.25) is 0 Å². The van der Waals surface area contributed by atoms with E-state index in [4.69, 9.17) is 4.52 Å². The van der Waals surface area contributed by atoms with Crippen LogP contribution in [-0.2, 0) is 0 Å². The molecular formula is C14H15N3OS. The normalized spacial score (nSPS) is 19.0. The molecule has 2 heterocycles. The molecule has 0 saturated carbocycles. The molecule has 1 aromatic heterocycles. The Morgan fingerprint density at radius 1 is 1.21 bits per heavy atom. The summed E-state index contributed by atoms with van der Waals surface area (Å²) in [6.07, 6.45) is 3.79. The summed E-state index contributed by atoms with van der Waals surface area (Å²) in [5, 5.41) is 3.77. The molecule has 0 spiro atoms. The van der Waals surface area contributed by atoms with Crippen molar-refractivity contribution >= 4 is 22.4 Å². The molecule has 1 aliphatic rings. The largest absolute Gasteiger partial charge is 0.356 e. The van der Waals surface area contributed by atoms with Crippen LogP contribution in [0, 0.1) is 0 Å². The van der Waals surface area contributed by atoms with E-state index in [2.05, 4.69) is 47.4 Å². The van der Waals surface area contributed by atoms with Gasteiger partial charge in [-0.15, -0.1) is 0 Å². The number of hydrogen-bond acceptors (Lipinski definition) is 5. The number of anilines is 1. The van der Waals surface area contributed by atoms with Crippen LogP contribution in [0.1, 0.15) is 5.76 Å². The molecule has 1 unspecified atom stereocenters. The fraction of sp³-hybridized carbons (Fsp3) is 0.214. The van der Waals surface area contributed by atoms with Gasteiger partial charge in [0.25, 0.3) is 0 Å². The van der Waals surface area contributed by atoms with E-state index in [-0.39, 0.29) is 5.50 Å². The summed E-state index contributed by atoms with van der Waals surface area (Å²) in [7, 11) is 4.15. The Morgan fingerprint density at radius 2 is 2.00 bits per heavy atom. The van der Waals surface area contributed by atoms with E-state index in [1.165, 1.54) is 5.69 Å². The summed E-state index contributed by atoms with van der Waals surface area (Å²) < 4.78 is 5.25. The highest BCUT2D eigenvalue weighted by Gasteiger charge is 2.30. The number of thioether (sulfide) groups is 1. The maximum atomic E-state index is 5.25. The van der Waals surface area contributed by atoms with Crippen LogP contribution in [0.15, 0.2) is 53.3 Å². The number of benzene rings is 1. The van der Waals surface area contributed by atoms with Crippen molar-refractivity contribution in [1.29, 1.82) is 0 Å². The molecule has 1 aliphatic heterocycles. The van der Waals surface area contributed by atoms with Gasteiger partial charge in [-0.05, 0) is 26.2 Å². The lowest BCUT2D eigenvalue weighted by atomic mass is 10.3. The minimum Gasteiger partial charge on any atom is -0.356 e. The van der Waals surface area contributed by atoms with Crippen LogP contribution in [0.25, 0.3) is 4.91 Å². The second-order valence-corrected chi connectivity index (χ2v) is 5.62. The van der Waals surface area contributed by atoms with Gasteiger partial charge in [-0.25, -0.2) is 0 Å². The lowest BCUT2D eigenvalue weighted by Gasteiger charge is -2.29. The second-order valence-electron chi connectivity index (χ2n) is 4.52. The molecule has 5 heteroatoms. The first-order chi connectivity index (χ1) is 9.25. The third kappa shape index (κ3) is 2.39. The van der Waals surface area contributed by atoms with Gasteiger partial charge in [-0.1, -0.05) is 35.1 Å². The molecule has 0 bridgehead atoms. The summed E-state index contributed by atoms with van der Waals surface area (Å²) in [6.45, 7) is 0. The maximum absolute atomic E-state index is 5.25. The molecular weight excluding hydrogens is 258 g/mol. The van der Waals surface area contributed by atoms with Crippen molar-refractivity contribution in [1.82, 2.24) is 10.1 Å². The van der Waals surface area contributed by atoms with E-state index < -0.39 is 0 Å². The first-order valence-corrected chi connectivity index (χ1v) is 6.93. The smallest absolute Gasteiger partial charge is 0.174 e. The van der Waals surface area contributed by atoms with E-state index in [1.807, 2.05) is 24.3 Å². The van der Waals surface area contributed by atoms with Gasteiger partial charge >= 0.3 is 0 Å². The lowest BCUT2D eigenvalue weighted by Crippen LogP contribution is -2.36. The van der Waals surface area contributed by atoms with Crippen molar-refractivity contribution in [3.63, 3.8) is 0 Å². The number of para-hydroxylation sites is 1. The molecule has 0 amide bonds. The molecule has 19 heavy (non-hydrogen) atoms. The van der Waals surface area contributed by atoms with E-state index in [0.29, 0.717) is 0 Å². The highest BCUT2D eigenvalue weighted by Crippen LogP contribution is 2.42. The van der Waals surface area contributed by atoms with Crippen LogP contribution < -0.4 is 4.90 Å². The van der Waals surface area contributed by atoms with Gasteiger partial charge in [0.2, 0.25) is 0 Å². The van der Waals surface area contributed by atoms with Gasteiger partial charge < -0.3 is 9.42 Å². The van der Waals surface area contributed by atoms with Crippen molar-refractivity contribution in [2.24, 2.45) is 0 Å². The van der Waals surface area contributed by atoms with Gasteiger partial charge in [0.05, 0.1) is 11.1 Å². The van der Waals surface area contributed by atoms with Gasteiger partial charge in [-0.2, -0.15) is 0 Å². The van der Waals surface area contributed by atoms with Crippen LogP contribution in [0.5, 0.6) is 0 Å². The molecule has 4 nitrogen and oxygen atoms in total. The summed E-state index contributed by atoms with van der Waals surface area (Å²) in [4.78, 5) is 5.51. The van der Waals surface area contributed by atoms with Crippen LogP contribution in [0.3, 0.4) is 0 Å². The molecule has 0 aliphatic carbocycles. The minimum atomic E-state index is 0.225. The number of aromatic nitrogens is 1. The van der Waals surface area contributed by atoms with Crippen molar-refractivity contribution in [2.75, 3.05) is 19.0 Å². The Labute approximate surface area is 116 Å². The maximum Gasteiger partial charge on any atom is 0.174 e. The number of hydrogen-bond donors (Lipinski definition) is 0. The molecule has 3 rings (SSSR count). The summed E-state index contributed by atoms with van der Waals surface area (Å²) in [5.74, 6) is 0.815. The molecule has 0 N–H and O–H groups in total. The fourth-order valence-electron chi connectivity index (χ4n) is 2.01. The van der Waals surface area contributed by atoms with Crippen molar-refractivity contribution in [3.05, 3.63) is 54.6 Å². The molecule has 0 radical (unpaired) electrons. The average Bonchev–Trinajstić information content (AvgIpc) is 3.08. The Balaban J connectivity index is 1.95. The zero-order valence-electron chi connectivity index (χ0n) is 10.9. The first-order valence-electron chi connectivity index (χ1n) is 6.05. The summed E-state index contributed by atoms with van der Waals surface area (Å²) in [5.41, 5.74) is 1.39. The van der Waals surface area contributed by atoms with Gasteiger partial charge in [0, 0.05) is 18.0 Å². The Morgan fingerprint density at radius 3 is 2.63 bits per heavy atom. The predicted octanol–water partition coefficient (Wildman–Crippen LogP) is 3.07. The topological polar surface area (TPSA) is 32.5 Å². The van der Waals surface area contributed by atoms with E-state index in [9.17, 15) is 0 Å². The quantitative estimate of drug-likeness (QED) is 0.858. The predicted molar refractivity (Wildman–Crippen MR) is 78.5 cm³/mol. The van der Waals surface area contributed by atoms with Crippen LogP contribution >= 0.6 is 11.8 Å². The molecule has 1 atom stereocenters. The highest BCUT2D eigenvalue weighted by molar-refractivity contribution is 8.09. The third-order valence-corrected chi connectivity index (χ3v) is 4.32.